The van der Waals surface area contributed by atoms with Gasteiger partial charge in [0.15, 0.2) is 20.0 Å². The first-order valence-corrected chi connectivity index (χ1v) is 16.3. The van der Waals surface area contributed by atoms with Gasteiger partial charge in [-0.15, -0.1) is 22.7 Å². The van der Waals surface area contributed by atoms with Gasteiger partial charge >= 0.3 is 0 Å². The quantitative estimate of drug-likeness (QED) is 0.216. The highest BCUT2D eigenvalue weighted by Gasteiger charge is 2.37. The Kier molecular flexibility index (Phi) is 6.47. The standard InChI is InChI=1S/C25H30N6OS2Si/c1-25(2,3)35(4,5)32-14-20-28-13-19(34-20)22-30-23(21-24(31-22)33-15-29-21)26-11-10-16-12-27-18-9-7-6-8-17(16)18/h6-9,12-13,15,27H,10-11,14H2,1-5H3,(H,26,30,31). The molecule has 35 heavy (non-hydrogen) atoms. The molecule has 0 atom stereocenters. The van der Waals surface area contributed by atoms with Gasteiger partial charge in [0.2, 0.25) is 0 Å². The summed E-state index contributed by atoms with van der Waals surface area (Å²) in [7, 11) is -1.83. The summed E-state index contributed by atoms with van der Waals surface area (Å²) in [5.41, 5.74) is 5.07. The average molecular weight is 523 g/mol. The minimum Gasteiger partial charge on any atom is -0.410 e. The molecule has 0 aliphatic carbocycles. The molecule has 4 aromatic heterocycles. The summed E-state index contributed by atoms with van der Waals surface area (Å²) in [6, 6.07) is 8.37. The van der Waals surface area contributed by atoms with Gasteiger partial charge in [-0.1, -0.05) is 39.0 Å². The number of rotatable bonds is 8. The zero-order valence-corrected chi connectivity index (χ0v) is 23.3. The van der Waals surface area contributed by atoms with Crippen LogP contribution in [0.4, 0.5) is 5.82 Å². The van der Waals surface area contributed by atoms with Crippen molar-refractivity contribution in [2.75, 3.05) is 11.9 Å². The van der Waals surface area contributed by atoms with Gasteiger partial charge in [-0.3, -0.25) is 0 Å². The van der Waals surface area contributed by atoms with Gasteiger partial charge in [-0.2, -0.15) is 0 Å². The van der Waals surface area contributed by atoms with E-state index in [0.29, 0.717) is 12.4 Å². The maximum Gasteiger partial charge on any atom is 0.192 e. The molecule has 0 aliphatic rings. The highest BCUT2D eigenvalue weighted by Crippen LogP contribution is 2.37. The van der Waals surface area contributed by atoms with Crippen molar-refractivity contribution < 1.29 is 4.43 Å². The number of fused-ring (bicyclic) bond motifs is 2. The number of hydrogen-bond donors (Lipinski definition) is 2. The Labute approximate surface area is 214 Å². The number of thiazole rings is 2. The SMILES string of the molecule is CC(C)(C)[Si](C)(C)OCc1ncc(-c2nc(NCCc3c[nH]c4ccccc34)c3ncsc3n2)s1. The molecule has 2 N–H and O–H groups in total. The fourth-order valence-corrected chi connectivity index (χ4v) is 6.05. The molecule has 0 saturated heterocycles. The van der Waals surface area contributed by atoms with Crippen LogP contribution >= 0.6 is 22.7 Å². The van der Waals surface area contributed by atoms with Crippen molar-refractivity contribution >= 4 is 58.1 Å². The van der Waals surface area contributed by atoms with Gasteiger partial charge in [-0.05, 0) is 36.2 Å². The summed E-state index contributed by atoms with van der Waals surface area (Å²) < 4.78 is 6.35. The van der Waals surface area contributed by atoms with Crippen molar-refractivity contribution in [2.24, 2.45) is 0 Å². The summed E-state index contributed by atoms with van der Waals surface area (Å²) in [4.78, 5) is 23.9. The maximum absolute atomic E-state index is 6.35. The molecule has 0 unspecified atom stereocenters. The lowest BCUT2D eigenvalue weighted by molar-refractivity contribution is 0.276. The first kappa shape index (κ1) is 24.0. The van der Waals surface area contributed by atoms with E-state index in [2.05, 4.69) is 78.5 Å². The van der Waals surface area contributed by atoms with Crippen LogP contribution in [0, 0.1) is 0 Å². The minimum absolute atomic E-state index is 0.167. The number of aromatic nitrogens is 5. The van der Waals surface area contributed by atoms with E-state index < -0.39 is 8.32 Å². The second-order valence-corrected chi connectivity index (χ2v) is 16.9. The third-order valence-corrected chi connectivity index (χ3v) is 12.9. The largest absolute Gasteiger partial charge is 0.410 e. The van der Waals surface area contributed by atoms with Crippen LogP contribution in [0.5, 0.6) is 0 Å². The maximum atomic E-state index is 6.35. The van der Waals surface area contributed by atoms with E-state index in [4.69, 9.17) is 14.4 Å². The first-order chi connectivity index (χ1) is 16.7. The number of hydrogen-bond acceptors (Lipinski definition) is 8. The lowest BCUT2D eigenvalue weighted by Crippen LogP contribution is -2.40. The summed E-state index contributed by atoms with van der Waals surface area (Å²) >= 11 is 3.12. The number of nitrogens with zero attached hydrogens (tertiary/aromatic N) is 4. The number of aromatic amines is 1. The molecule has 0 spiro atoms. The van der Waals surface area contributed by atoms with E-state index in [9.17, 15) is 0 Å². The summed E-state index contributed by atoms with van der Waals surface area (Å²) in [5, 5.41) is 5.88. The average Bonchev–Trinajstić information content (AvgIpc) is 3.56. The van der Waals surface area contributed by atoms with Crippen molar-refractivity contribution in [2.45, 2.75) is 51.9 Å². The fraction of sp³-hybridized carbons (Fsp3) is 0.360. The van der Waals surface area contributed by atoms with Crippen LogP contribution in [0.2, 0.25) is 18.1 Å². The Balaban J connectivity index is 1.32. The molecule has 10 heteroatoms. The molecular weight excluding hydrogens is 493 g/mol. The smallest absolute Gasteiger partial charge is 0.192 e. The zero-order valence-electron chi connectivity index (χ0n) is 20.7. The molecule has 0 radical (unpaired) electrons. The second kappa shape index (κ2) is 9.42. The van der Waals surface area contributed by atoms with Crippen molar-refractivity contribution in [3.63, 3.8) is 0 Å². The Morgan fingerprint density at radius 1 is 1.11 bits per heavy atom. The summed E-state index contributed by atoms with van der Waals surface area (Å²) in [6.45, 7) is 12.5. The molecule has 0 fully saturated rings. The molecule has 1 aromatic carbocycles. The van der Waals surface area contributed by atoms with E-state index in [1.54, 1.807) is 11.3 Å². The van der Waals surface area contributed by atoms with Gasteiger partial charge < -0.3 is 14.7 Å². The predicted molar refractivity (Wildman–Crippen MR) is 149 cm³/mol. The van der Waals surface area contributed by atoms with Crippen LogP contribution in [0.1, 0.15) is 31.3 Å². The molecule has 5 aromatic rings. The molecule has 0 saturated carbocycles. The lowest BCUT2D eigenvalue weighted by Gasteiger charge is -2.35. The van der Waals surface area contributed by atoms with Crippen LogP contribution in [0.15, 0.2) is 42.2 Å². The van der Waals surface area contributed by atoms with E-state index in [-0.39, 0.29) is 5.04 Å². The highest BCUT2D eigenvalue weighted by molar-refractivity contribution is 7.16. The molecule has 7 nitrogen and oxygen atoms in total. The van der Waals surface area contributed by atoms with E-state index in [0.717, 1.165) is 44.5 Å². The van der Waals surface area contributed by atoms with Gasteiger partial charge in [0.05, 0.1) is 17.0 Å². The Morgan fingerprint density at radius 2 is 1.94 bits per heavy atom. The Morgan fingerprint density at radius 3 is 2.77 bits per heavy atom. The van der Waals surface area contributed by atoms with Crippen LogP contribution in [-0.4, -0.2) is 39.8 Å². The van der Waals surface area contributed by atoms with Gasteiger partial charge in [0.1, 0.15) is 15.4 Å². The van der Waals surface area contributed by atoms with Gasteiger partial charge in [0, 0.05) is 29.8 Å². The molecule has 5 rings (SSSR count). The minimum atomic E-state index is -1.83. The van der Waals surface area contributed by atoms with Crippen molar-refractivity contribution in [3.05, 3.63) is 52.7 Å². The van der Waals surface area contributed by atoms with Gasteiger partial charge in [0.25, 0.3) is 0 Å². The topological polar surface area (TPSA) is 88.6 Å². The van der Waals surface area contributed by atoms with Crippen LogP contribution < -0.4 is 5.32 Å². The molecule has 0 aliphatic heterocycles. The number of nitrogens with one attached hydrogen (secondary N) is 2. The van der Waals surface area contributed by atoms with E-state index >= 15 is 0 Å². The lowest BCUT2D eigenvalue weighted by atomic mass is 10.1. The Hall–Kier alpha value is -2.66. The predicted octanol–water partition coefficient (Wildman–Crippen LogP) is 6.87. The van der Waals surface area contributed by atoms with Crippen LogP contribution in [0.25, 0.3) is 32.0 Å². The third-order valence-electron chi connectivity index (χ3n) is 6.70. The Bertz CT molecular complexity index is 1470. The number of anilines is 1. The highest BCUT2D eigenvalue weighted by atomic mass is 32.1. The van der Waals surface area contributed by atoms with E-state index in [1.165, 1.54) is 22.3 Å². The second-order valence-electron chi connectivity index (χ2n) is 10.1. The number of H-pyrrole nitrogens is 1. The number of benzene rings is 1. The molecular formula is C25H30N6OS2Si. The van der Waals surface area contributed by atoms with E-state index in [1.807, 2.05) is 17.8 Å². The van der Waals surface area contributed by atoms with Crippen molar-refractivity contribution in [1.82, 2.24) is 24.9 Å². The molecule has 0 amide bonds. The normalized spacial score (nSPS) is 12.6. The van der Waals surface area contributed by atoms with Crippen molar-refractivity contribution in [3.8, 4) is 10.7 Å². The third kappa shape index (κ3) is 5.01. The summed E-state index contributed by atoms with van der Waals surface area (Å²) in [6.07, 6.45) is 4.82. The molecule has 182 valence electrons. The van der Waals surface area contributed by atoms with Crippen molar-refractivity contribution in [1.29, 1.82) is 0 Å². The summed E-state index contributed by atoms with van der Waals surface area (Å²) in [5.74, 6) is 1.44. The fourth-order valence-electron chi connectivity index (χ4n) is 3.59. The van der Waals surface area contributed by atoms with Crippen LogP contribution in [-0.2, 0) is 17.5 Å². The number of para-hydroxylation sites is 1. The molecule has 0 bridgehead atoms. The first-order valence-electron chi connectivity index (χ1n) is 11.7. The van der Waals surface area contributed by atoms with Crippen LogP contribution in [0.3, 0.4) is 0 Å². The van der Waals surface area contributed by atoms with Gasteiger partial charge in [-0.25, -0.2) is 19.9 Å². The monoisotopic (exact) mass is 522 g/mol. The zero-order chi connectivity index (χ0) is 24.6. The molecule has 4 heterocycles.